The Labute approximate surface area is 195 Å². The van der Waals surface area contributed by atoms with Gasteiger partial charge in [-0.05, 0) is 36.1 Å². The van der Waals surface area contributed by atoms with Crippen LogP contribution >= 0.6 is 11.3 Å². The fraction of sp³-hybridized carbons (Fsp3) is 0.0385. The first kappa shape index (κ1) is 20.7. The summed E-state index contributed by atoms with van der Waals surface area (Å²) in [7, 11) is 0. The summed E-state index contributed by atoms with van der Waals surface area (Å²) in [4.78, 5) is 13.0. The lowest BCUT2D eigenvalue weighted by atomic mass is 10.1. The zero-order chi connectivity index (χ0) is 22.9. The normalized spacial score (nSPS) is 10.9. The molecule has 0 bridgehead atoms. The zero-order valence-electron chi connectivity index (χ0n) is 18.1. The van der Waals surface area contributed by atoms with Crippen LogP contribution < -0.4 is 16.4 Å². The summed E-state index contributed by atoms with van der Waals surface area (Å²) in [5.41, 5.74) is 12.9. The Morgan fingerprint density at radius 3 is 2.61 bits per heavy atom. The molecule has 0 aliphatic carbocycles. The van der Waals surface area contributed by atoms with Crippen LogP contribution in [-0.4, -0.2) is 15.0 Å². The number of nitrogen functional groups attached to an aromatic ring is 1. The largest absolute Gasteiger partial charge is 0.382 e. The second-order valence-electron chi connectivity index (χ2n) is 7.74. The molecule has 0 saturated carbocycles. The maximum absolute atomic E-state index is 5.98. The number of nitrogens with one attached hydrogen (secondary N) is 2. The van der Waals surface area contributed by atoms with Crippen LogP contribution in [0.2, 0.25) is 0 Å². The van der Waals surface area contributed by atoms with Crippen LogP contribution in [0.15, 0.2) is 79.6 Å². The second-order valence-corrected chi connectivity index (χ2v) is 8.62. The molecule has 3 aromatic heterocycles. The minimum atomic E-state index is 0.479. The monoisotopic (exact) mass is 450 g/mol. The quantitative estimate of drug-likeness (QED) is 0.281. The smallest absolute Gasteiger partial charge is 0.144 e. The highest BCUT2D eigenvalue weighted by Crippen LogP contribution is 2.33. The molecule has 0 atom stereocenters. The van der Waals surface area contributed by atoms with Gasteiger partial charge < -0.3 is 16.4 Å². The van der Waals surface area contributed by atoms with Gasteiger partial charge in [0, 0.05) is 39.6 Å². The molecule has 33 heavy (non-hydrogen) atoms. The fourth-order valence-corrected chi connectivity index (χ4v) is 4.57. The fourth-order valence-electron chi connectivity index (χ4n) is 3.63. The molecule has 0 spiro atoms. The third-order valence-corrected chi connectivity index (χ3v) is 6.46. The van der Waals surface area contributed by atoms with Crippen molar-refractivity contribution in [2.75, 3.05) is 16.4 Å². The Morgan fingerprint density at radius 1 is 0.939 bits per heavy atom. The first-order valence-electron chi connectivity index (χ1n) is 10.4. The molecule has 6 nitrogen and oxygen atoms in total. The Hall–Kier alpha value is -4.23. The average molecular weight is 451 g/mol. The van der Waals surface area contributed by atoms with E-state index in [0.29, 0.717) is 5.82 Å². The van der Waals surface area contributed by atoms with Crippen LogP contribution in [-0.2, 0) is 0 Å². The van der Waals surface area contributed by atoms with E-state index >= 15 is 0 Å². The van der Waals surface area contributed by atoms with E-state index in [1.807, 2.05) is 61.0 Å². The lowest BCUT2D eigenvalue weighted by Crippen LogP contribution is -2.03. The van der Waals surface area contributed by atoms with Crippen molar-refractivity contribution in [2.24, 2.45) is 0 Å². The van der Waals surface area contributed by atoms with Gasteiger partial charge in [0.25, 0.3) is 0 Å². The van der Waals surface area contributed by atoms with Crippen LogP contribution in [0.1, 0.15) is 16.8 Å². The second kappa shape index (κ2) is 8.37. The number of nitrogens with zero attached hydrogens (tertiary/aromatic N) is 3. The third kappa shape index (κ3) is 4.02. The van der Waals surface area contributed by atoms with Gasteiger partial charge in [0.15, 0.2) is 0 Å². The van der Waals surface area contributed by atoms with Crippen LogP contribution in [0.4, 0.5) is 17.2 Å². The molecular weight excluding hydrogens is 428 g/mol. The van der Waals surface area contributed by atoms with E-state index in [9.17, 15) is 0 Å². The van der Waals surface area contributed by atoms with Crippen molar-refractivity contribution in [3.63, 3.8) is 0 Å². The van der Waals surface area contributed by atoms with E-state index in [2.05, 4.69) is 44.8 Å². The number of anilines is 3. The van der Waals surface area contributed by atoms with Crippen molar-refractivity contribution in [3.05, 3.63) is 96.4 Å². The van der Waals surface area contributed by atoms with E-state index in [1.165, 1.54) is 17.7 Å². The van der Waals surface area contributed by atoms with Gasteiger partial charge in [-0.3, -0.25) is 4.98 Å². The molecule has 5 aromatic rings. The predicted octanol–water partition coefficient (Wildman–Crippen LogP) is 6.30. The number of hydrogen-bond acceptors (Lipinski definition) is 7. The van der Waals surface area contributed by atoms with Crippen LogP contribution in [0.3, 0.4) is 0 Å². The van der Waals surface area contributed by atoms with Crippen LogP contribution in [0.25, 0.3) is 32.4 Å². The predicted molar refractivity (Wildman–Crippen MR) is 140 cm³/mol. The summed E-state index contributed by atoms with van der Waals surface area (Å²) >= 11 is 1.51. The number of benzene rings is 2. The molecule has 2 aromatic carbocycles. The number of aromatic nitrogens is 3. The van der Waals surface area contributed by atoms with E-state index in [0.717, 1.165) is 60.6 Å². The van der Waals surface area contributed by atoms with Crippen LogP contribution in [0, 0.1) is 6.92 Å². The Bertz CT molecular complexity index is 1530. The number of fused-ring (bicyclic) bond motifs is 2. The Morgan fingerprint density at radius 2 is 1.76 bits per heavy atom. The van der Waals surface area contributed by atoms with E-state index in [-0.39, 0.29) is 0 Å². The maximum Gasteiger partial charge on any atom is 0.144 e. The number of pyridine rings is 1. The van der Waals surface area contributed by atoms with Gasteiger partial charge in [0.1, 0.15) is 12.1 Å². The van der Waals surface area contributed by atoms with E-state index in [4.69, 9.17) is 5.73 Å². The van der Waals surface area contributed by atoms with Gasteiger partial charge in [0.2, 0.25) is 0 Å². The number of aryl methyl sites for hydroxylation is 1. The highest BCUT2D eigenvalue weighted by molar-refractivity contribution is 7.18. The lowest BCUT2D eigenvalue weighted by Gasteiger charge is -2.15. The topological polar surface area (TPSA) is 88.8 Å². The molecule has 0 fully saturated rings. The molecule has 0 amide bonds. The van der Waals surface area contributed by atoms with Gasteiger partial charge in [-0.1, -0.05) is 43.5 Å². The van der Waals surface area contributed by atoms with Gasteiger partial charge in [0.05, 0.1) is 21.6 Å². The average Bonchev–Trinajstić information content (AvgIpc) is 3.26. The Balaban J connectivity index is 1.37. The lowest BCUT2D eigenvalue weighted by molar-refractivity contribution is 1.23. The molecule has 0 aliphatic heterocycles. The van der Waals surface area contributed by atoms with Crippen molar-refractivity contribution in [3.8, 4) is 0 Å². The minimum Gasteiger partial charge on any atom is -0.382 e. The van der Waals surface area contributed by atoms with Crippen molar-refractivity contribution in [2.45, 2.75) is 6.92 Å². The molecule has 0 unspecified atom stereocenters. The summed E-state index contributed by atoms with van der Waals surface area (Å²) in [6.45, 7) is 10.5. The van der Waals surface area contributed by atoms with Crippen molar-refractivity contribution in [1.82, 2.24) is 15.0 Å². The molecule has 0 aliphatic rings. The molecule has 0 radical (unpaired) electrons. The summed E-state index contributed by atoms with van der Waals surface area (Å²) < 4.78 is 0.863. The van der Waals surface area contributed by atoms with E-state index < -0.39 is 0 Å². The minimum absolute atomic E-state index is 0.479. The first-order valence-corrected chi connectivity index (χ1v) is 11.2. The van der Waals surface area contributed by atoms with Crippen molar-refractivity contribution >= 4 is 60.9 Å². The number of thiophene rings is 1. The van der Waals surface area contributed by atoms with Gasteiger partial charge in [-0.2, -0.15) is 0 Å². The SMILES string of the molecule is C=C(Nc1ccc(C)c(NC(=C)c2csc3c(N)ncnc23)c1)c1cc2ccccc2cn1. The van der Waals surface area contributed by atoms with Crippen molar-refractivity contribution in [1.29, 1.82) is 0 Å². The summed E-state index contributed by atoms with van der Waals surface area (Å²) in [6, 6.07) is 16.3. The Kier molecular flexibility index (Phi) is 5.24. The number of hydrogen-bond donors (Lipinski definition) is 3. The van der Waals surface area contributed by atoms with Gasteiger partial charge in [-0.25, -0.2) is 9.97 Å². The number of nitrogens with two attached hydrogens (primary N) is 1. The van der Waals surface area contributed by atoms with E-state index in [1.54, 1.807) is 0 Å². The maximum atomic E-state index is 5.98. The van der Waals surface area contributed by atoms with Crippen molar-refractivity contribution < 1.29 is 0 Å². The summed E-state index contributed by atoms with van der Waals surface area (Å²) in [5.74, 6) is 0.479. The standard InChI is InChI=1S/C26H22N6S/c1-15-8-9-20(31-17(3)23-10-18-6-4-5-7-19(18)12-28-23)11-22(15)32-16(2)21-13-33-25-24(21)29-14-30-26(25)27/h4-14,31-32H,2-3H2,1H3,(H2,27,29,30). The van der Waals surface area contributed by atoms with Gasteiger partial charge in [-0.15, -0.1) is 11.3 Å². The molecule has 3 heterocycles. The number of rotatable bonds is 6. The molecule has 7 heteroatoms. The molecule has 0 saturated heterocycles. The highest BCUT2D eigenvalue weighted by Gasteiger charge is 2.13. The first-order chi connectivity index (χ1) is 16.0. The molecule has 162 valence electrons. The highest BCUT2D eigenvalue weighted by atomic mass is 32.1. The molecule has 5 rings (SSSR count). The third-order valence-electron chi connectivity index (χ3n) is 5.46. The van der Waals surface area contributed by atoms with Gasteiger partial charge >= 0.3 is 0 Å². The molecular formula is C26H22N6S. The zero-order valence-corrected chi connectivity index (χ0v) is 18.9. The van der Waals surface area contributed by atoms with Crippen LogP contribution in [0.5, 0.6) is 0 Å². The molecule has 4 N–H and O–H groups in total. The summed E-state index contributed by atoms with van der Waals surface area (Å²) in [6.07, 6.45) is 3.34. The summed E-state index contributed by atoms with van der Waals surface area (Å²) in [5, 5.41) is 11.0.